The third kappa shape index (κ3) is 4.09. The molecule has 172 valence electrons. The van der Waals surface area contributed by atoms with Crippen LogP contribution in [0.25, 0.3) is 0 Å². The Morgan fingerprint density at radius 1 is 0.938 bits per heavy atom. The number of halogens is 1. The summed E-state index contributed by atoms with van der Waals surface area (Å²) in [6.45, 7) is 12.6. The van der Waals surface area contributed by atoms with Crippen molar-refractivity contribution in [3.8, 4) is 5.75 Å². The maximum absolute atomic E-state index is 13.6. The largest absolute Gasteiger partial charge is 0.491 e. The van der Waals surface area contributed by atoms with E-state index in [1.54, 1.807) is 0 Å². The number of hydrogen-bond donors (Lipinski definition) is 0. The number of carbonyl (C=O) groups excluding carboxylic acids is 2. The highest BCUT2D eigenvalue weighted by Gasteiger charge is 2.48. The summed E-state index contributed by atoms with van der Waals surface area (Å²) in [6, 6.07) is 5.94. The van der Waals surface area contributed by atoms with Crippen molar-refractivity contribution in [2.45, 2.75) is 79.2 Å². The summed E-state index contributed by atoms with van der Waals surface area (Å²) in [5, 5.41) is 0. The molecule has 0 amide bonds. The van der Waals surface area contributed by atoms with Gasteiger partial charge in [-0.05, 0) is 55.7 Å². The smallest absolute Gasteiger partial charge is 0.162 e. The number of carbonyl (C=O) groups is 2. The molecule has 0 saturated carbocycles. The summed E-state index contributed by atoms with van der Waals surface area (Å²) >= 11 is 3.62. The summed E-state index contributed by atoms with van der Waals surface area (Å²) in [5.41, 5.74) is 4.40. The van der Waals surface area contributed by atoms with Crippen molar-refractivity contribution in [1.29, 1.82) is 0 Å². The van der Waals surface area contributed by atoms with Crippen LogP contribution in [0.2, 0.25) is 0 Å². The molecule has 0 N–H and O–H groups in total. The molecule has 4 nitrogen and oxygen atoms in total. The van der Waals surface area contributed by atoms with Gasteiger partial charge in [-0.25, -0.2) is 0 Å². The fourth-order valence-electron chi connectivity index (χ4n) is 5.58. The van der Waals surface area contributed by atoms with Crippen LogP contribution in [0.4, 0.5) is 0 Å². The Balaban J connectivity index is 2.01. The molecule has 3 aliphatic rings. The van der Waals surface area contributed by atoms with Gasteiger partial charge in [-0.15, -0.1) is 0 Å². The molecular formula is C27H34BrNO3. The van der Waals surface area contributed by atoms with Crippen LogP contribution < -0.4 is 4.74 Å². The quantitative estimate of drug-likeness (QED) is 0.472. The van der Waals surface area contributed by atoms with Crippen LogP contribution in [0, 0.1) is 10.8 Å². The van der Waals surface area contributed by atoms with Gasteiger partial charge in [0.05, 0.1) is 6.10 Å². The lowest BCUT2D eigenvalue weighted by Crippen LogP contribution is -2.43. The van der Waals surface area contributed by atoms with E-state index in [4.69, 9.17) is 4.74 Å². The maximum atomic E-state index is 13.6. The maximum Gasteiger partial charge on any atom is 0.162 e. The van der Waals surface area contributed by atoms with Gasteiger partial charge in [-0.3, -0.25) is 9.59 Å². The van der Waals surface area contributed by atoms with Gasteiger partial charge < -0.3 is 9.64 Å². The van der Waals surface area contributed by atoms with Crippen LogP contribution >= 0.6 is 15.9 Å². The molecule has 1 aliphatic heterocycles. The molecule has 0 atom stereocenters. The van der Waals surface area contributed by atoms with Gasteiger partial charge in [0.2, 0.25) is 0 Å². The number of ketones is 2. The molecule has 0 unspecified atom stereocenters. The highest BCUT2D eigenvalue weighted by Crippen LogP contribution is 2.55. The molecule has 2 aliphatic carbocycles. The molecule has 0 fully saturated rings. The molecule has 1 aromatic carbocycles. The number of Topliss-reactive ketones (excluding diaryl/α,β-unsaturated/α-hetero) is 2. The Hall–Kier alpha value is -1.88. The SMILES string of the molecule is CC(C)Oc1ccc(Br)cc1C1C2=C(CC(C)(C)CC2=O)N(C)C2=C1C(=O)CC(C)(C)C2. The van der Waals surface area contributed by atoms with Crippen molar-refractivity contribution in [3.63, 3.8) is 0 Å². The summed E-state index contributed by atoms with van der Waals surface area (Å²) in [6.07, 6.45) is 2.62. The minimum atomic E-state index is -0.380. The third-order valence-corrected chi connectivity index (χ3v) is 7.32. The predicted octanol–water partition coefficient (Wildman–Crippen LogP) is 6.55. The number of rotatable bonds is 3. The second kappa shape index (κ2) is 7.86. The molecule has 0 bridgehead atoms. The summed E-state index contributed by atoms with van der Waals surface area (Å²) in [4.78, 5) is 29.4. The summed E-state index contributed by atoms with van der Waals surface area (Å²) in [7, 11) is 2.04. The Bertz CT molecular complexity index is 1010. The van der Waals surface area contributed by atoms with Crippen LogP contribution in [0.15, 0.2) is 45.2 Å². The highest BCUT2D eigenvalue weighted by molar-refractivity contribution is 9.10. The Labute approximate surface area is 200 Å². The first kappa shape index (κ1) is 23.3. The lowest BCUT2D eigenvalue weighted by atomic mass is 9.63. The molecule has 0 aromatic heterocycles. The predicted molar refractivity (Wildman–Crippen MR) is 131 cm³/mol. The Morgan fingerprint density at radius 3 is 1.91 bits per heavy atom. The molecule has 4 rings (SSSR count). The van der Waals surface area contributed by atoms with E-state index in [0.717, 1.165) is 51.2 Å². The molecule has 0 saturated heterocycles. The number of ether oxygens (including phenoxy) is 1. The van der Waals surface area contributed by atoms with Crippen LogP contribution in [0.3, 0.4) is 0 Å². The average Bonchev–Trinajstić information content (AvgIpc) is 2.63. The van der Waals surface area contributed by atoms with E-state index in [0.29, 0.717) is 12.8 Å². The van der Waals surface area contributed by atoms with Crippen LogP contribution in [0.5, 0.6) is 5.75 Å². The summed E-state index contributed by atoms with van der Waals surface area (Å²) in [5.74, 6) is 0.655. The van der Waals surface area contributed by atoms with Gasteiger partial charge in [-0.2, -0.15) is 0 Å². The standard InChI is InChI=1S/C27H34BrNO3/c1-15(2)32-22-9-8-16(28)10-17(22)23-24-18(11-26(3,4)13-20(24)30)29(7)19-12-27(5,6)14-21(31)25(19)23/h8-10,15,23H,11-14H2,1-7H3. The van der Waals surface area contributed by atoms with Crippen molar-refractivity contribution < 1.29 is 14.3 Å². The number of allylic oxidation sites excluding steroid dienone is 4. The monoisotopic (exact) mass is 499 g/mol. The summed E-state index contributed by atoms with van der Waals surface area (Å²) < 4.78 is 7.11. The zero-order valence-electron chi connectivity index (χ0n) is 20.3. The molecule has 1 aromatic rings. The van der Waals surface area contributed by atoms with Crippen molar-refractivity contribution in [2.75, 3.05) is 7.05 Å². The minimum absolute atomic E-state index is 0.00919. The van der Waals surface area contributed by atoms with Crippen LogP contribution in [-0.2, 0) is 9.59 Å². The van der Waals surface area contributed by atoms with Gasteiger partial charge in [0.15, 0.2) is 11.6 Å². The molecule has 5 heteroatoms. The molecular weight excluding hydrogens is 466 g/mol. The van der Waals surface area contributed by atoms with E-state index in [1.165, 1.54) is 0 Å². The van der Waals surface area contributed by atoms with Crippen molar-refractivity contribution in [3.05, 3.63) is 50.8 Å². The highest BCUT2D eigenvalue weighted by atomic mass is 79.9. The van der Waals surface area contributed by atoms with E-state index in [2.05, 4.69) is 48.5 Å². The third-order valence-electron chi connectivity index (χ3n) is 6.83. The van der Waals surface area contributed by atoms with Gasteiger partial charge in [-0.1, -0.05) is 43.6 Å². The normalized spacial score (nSPS) is 23.0. The van der Waals surface area contributed by atoms with E-state index < -0.39 is 0 Å². The second-order valence-corrected chi connectivity index (χ2v) is 12.4. The molecule has 0 radical (unpaired) electrons. The lowest BCUT2D eigenvalue weighted by Gasteiger charge is -2.48. The number of benzene rings is 1. The second-order valence-electron chi connectivity index (χ2n) is 11.4. The zero-order valence-corrected chi connectivity index (χ0v) is 21.9. The number of nitrogens with zero attached hydrogens (tertiary/aromatic N) is 1. The molecule has 32 heavy (non-hydrogen) atoms. The first-order valence-electron chi connectivity index (χ1n) is 11.5. The minimum Gasteiger partial charge on any atom is -0.491 e. The fraction of sp³-hybridized carbons (Fsp3) is 0.556. The fourth-order valence-corrected chi connectivity index (χ4v) is 5.96. The topological polar surface area (TPSA) is 46.6 Å². The Morgan fingerprint density at radius 2 is 1.44 bits per heavy atom. The Kier molecular flexibility index (Phi) is 5.72. The van der Waals surface area contributed by atoms with Crippen molar-refractivity contribution >= 4 is 27.5 Å². The van der Waals surface area contributed by atoms with E-state index in [-0.39, 0.29) is 34.4 Å². The van der Waals surface area contributed by atoms with Crippen LogP contribution in [-0.4, -0.2) is 29.6 Å². The van der Waals surface area contributed by atoms with E-state index in [9.17, 15) is 9.59 Å². The lowest BCUT2D eigenvalue weighted by molar-refractivity contribution is -0.119. The van der Waals surface area contributed by atoms with Crippen LogP contribution in [0.1, 0.15) is 78.7 Å². The van der Waals surface area contributed by atoms with Crippen molar-refractivity contribution in [1.82, 2.24) is 4.90 Å². The zero-order chi connectivity index (χ0) is 23.6. The van der Waals surface area contributed by atoms with E-state index >= 15 is 0 Å². The van der Waals surface area contributed by atoms with Gasteiger partial charge in [0.25, 0.3) is 0 Å². The number of hydrogen-bond acceptors (Lipinski definition) is 4. The first-order valence-corrected chi connectivity index (χ1v) is 12.3. The van der Waals surface area contributed by atoms with Gasteiger partial charge in [0.1, 0.15) is 5.75 Å². The van der Waals surface area contributed by atoms with Gasteiger partial charge in [0, 0.05) is 58.4 Å². The average molecular weight is 500 g/mol. The first-order chi connectivity index (χ1) is 14.8. The van der Waals surface area contributed by atoms with E-state index in [1.807, 2.05) is 39.1 Å². The molecule has 1 heterocycles. The van der Waals surface area contributed by atoms with Gasteiger partial charge >= 0.3 is 0 Å². The molecule has 0 spiro atoms. The van der Waals surface area contributed by atoms with Crippen molar-refractivity contribution in [2.24, 2.45) is 10.8 Å².